The third kappa shape index (κ3) is 3.76. The van der Waals surface area contributed by atoms with Crippen LogP contribution in [0.1, 0.15) is 34.5 Å². The Morgan fingerprint density at radius 1 is 1.38 bits per heavy atom. The highest BCUT2D eigenvalue weighted by molar-refractivity contribution is 7.17. The van der Waals surface area contributed by atoms with Gasteiger partial charge >= 0.3 is 0 Å². The summed E-state index contributed by atoms with van der Waals surface area (Å²) in [4.78, 5) is 47.0. The molecule has 3 amide bonds. The fraction of sp³-hybridized carbons (Fsp3) is 0.286. The lowest BCUT2D eigenvalue weighted by Gasteiger charge is -2.11. The molecule has 1 saturated carbocycles. The number of aromatic nitrogens is 3. The molecule has 2 fully saturated rings. The molecule has 32 heavy (non-hydrogen) atoms. The first-order chi connectivity index (χ1) is 15.4. The molecule has 0 aromatic carbocycles. The second-order valence-electron chi connectivity index (χ2n) is 7.65. The van der Waals surface area contributed by atoms with E-state index in [9.17, 15) is 14.4 Å². The quantitative estimate of drug-likeness (QED) is 0.334. The minimum Gasteiger partial charge on any atom is -0.367 e. The molecule has 164 valence electrons. The van der Waals surface area contributed by atoms with Gasteiger partial charge in [0.15, 0.2) is 5.65 Å². The summed E-state index contributed by atoms with van der Waals surface area (Å²) in [5.41, 5.74) is 2.25. The number of nitrogens with one attached hydrogen (secondary N) is 2. The number of hydrogen-bond donors (Lipinski definition) is 2. The molecule has 3 aromatic rings. The van der Waals surface area contributed by atoms with Gasteiger partial charge in [-0.1, -0.05) is 0 Å². The smallest absolute Gasteiger partial charge is 0.287 e. The zero-order valence-corrected chi connectivity index (χ0v) is 18.2. The molecule has 0 atom stereocenters. The predicted molar refractivity (Wildman–Crippen MR) is 118 cm³/mol. The van der Waals surface area contributed by atoms with Gasteiger partial charge in [0.1, 0.15) is 5.82 Å². The zero-order chi connectivity index (χ0) is 22.4. The van der Waals surface area contributed by atoms with E-state index >= 15 is 0 Å². The third-order valence-electron chi connectivity index (χ3n) is 5.28. The fourth-order valence-corrected chi connectivity index (χ4v) is 4.32. The lowest BCUT2D eigenvalue weighted by atomic mass is 10.1. The van der Waals surface area contributed by atoms with Gasteiger partial charge in [0.25, 0.3) is 11.8 Å². The summed E-state index contributed by atoms with van der Waals surface area (Å²) < 4.78 is 1.70. The van der Waals surface area contributed by atoms with Crippen molar-refractivity contribution in [2.45, 2.75) is 25.3 Å². The van der Waals surface area contributed by atoms with Crippen LogP contribution in [0.15, 0.2) is 30.0 Å². The molecule has 1 aliphatic heterocycles. The van der Waals surface area contributed by atoms with Crippen LogP contribution >= 0.6 is 11.3 Å². The lowest BCUT2D eigenvalue weighted by molar-refractivity contribution is -0.124. The molecule has 10 nitrogen and oxygen atoms in total. The Morgan fingerprint density at radius 2 is 2.19 bits per heavy atom. The van der Waals surface area contributed by atoms with Crippen molar-refractivity contribution in [3.05, 3.63) is 40.4 Å². The minimum absolute atomic E-state index is 0.0342. The molecular formula is C21H20N6O4S. The van der Waals surface area contributed by atoms with Gasteiger partial charge in [-0.25, -0.2) is 10.0 Å². The Balaban J connectivity index is 1.58. The second kappa shape index (κ2) is 7.84. The van der Waals surface area contributed by atoms with Crippen LogP contribution in [-0.2, 0) is 14.4 Å². The molecule has 0 bridgehead atoms. The molecule has 0 radical (unpaired) electrons. The topological polar surface area (TPSA) is 118 Å². The number of thiophene rings is 1. The van der Waals surface area contributed by atoms with Crippen molar-refractivity contribution in [3.63, 3.8) is 0 Å². The van der Waals surface area contributed by atoms with E-state index in [1.807, 2.05) is 12.1 Å². The van der Waals surface area contributed by atoms with E-state index < -0.39 is 5.91 Å². The van der Waals surface area contributed by atoms with E-state index in [2.05, 4.69) is 15.7 Å². The number of rotatable bonds is 6. The fourth-order valence-electron chi connectivity index (χ4n) is 3.38. The van der Waals surface area contributed by atoms with E-state index in [1.165, 1.54) is 23.5 Å². The van der Waals surface area contributed by atoms with Crippen LogP contribution in [-0.4, -0.2) is 57.6 Å². The first kappa shape index (κ1) is 20.3. The van der Waals surface area contributed by atoms with E-state index in [0.29, 0.717) is 33.4 Å². The predicted octanol–water partition coefficient (Wildman–Crippen LogP) is 2.10. The molecule has 1 saturated heterocycles. The number of hydrogen-bond acceptors (Lipinski definition) is 8. The molecular weight excluding hydrogens is 432 g/mol. The van der Waals surface area contributed by atoms with Crippen molar-refractivity contribution in [2.75, 3.05) is 19.5 Å². The third-order valence-corrected chi connectivity index (χ3v) is 6.38. The number of fused-ring (bicyclic) bond motifs is 1. The van der Waals surface area contributed by atoms with Crippen LogP contribution in [0.5, 0.6) is 0 Å². The summed E-state index contributed by atoms with van der Waals surface area (Å²) in [6, 6.07) is 5.87. The number of hydroxylamine groups is 2. The van der Waals surface area contributed by atoms with Crippen molar-refractivity contribution in [3.8, 4) is 10.6 Å². The van der Waals surface area contributed by atoms with Gasteiger partial charge in [0.2, 0.25) is 5.91 Å². The molecule has 2 N–H and O–H groups in total. The maximum absolute atomic E-state index is 12.4. The van der Waals surface area contributed by atoms with Gasteiger partial charge in [0, 0.05) is 30.3 Å². The Kier molecular flexibility index (Phi) is 4.98. The summed E-state index contributed by atoms with van der Waals surface area (Å²) >= 11 is 1.32. The van der Waals surface area contributed by atoms with Crippen molar-refractivity contribution < 1.29 is 19.2 Å². The van der Waals surface area contributed by atoms with E-state index in [0.717, 1.165) is 23.5 Å². The van der Waals surface area contributed by atoms with Gasteiger partial charge in [-0.2, -0.15) is 9.61 Å². The summed E-state index contributed by atoms with van der Waals surface area (Å²) in [7, 11) is 2.99. The standard InChI is InChI=1S/C21H20N6O4S/c1-26(31-2)21(30)16-6-5-15(32-16)14-9-17(23-13-3-4-13)27-19(24-14)12(10-22-27)7-11-8-18(28)25-20(11)29/h5-7,9-10,13,23H,3-4,8H2,1-2H3,(H,25,28,29)/b11-7+. The molecule has 0 unspecified atom stereocenters. The number of carbonyl (C=O) groups excluding carboxylic acids is 3. The van der Waals surface area contributed by atoms with Crippen molar-refractivity contribution in [2.24, 2.45) is 0 Å². The van der Waals surface area contributed by atoms with Gasteiger partial charge in [-0.15, -0.1) is 11.3 Å². The van der Waals surface area contributed by atoms with Crippen LogP contribution < -0.4 is 10.6 Å². The lowest BCUT2D eigenvalue weighted by Crippen LogP contribution is -2.24. The summed E-state index contributed by atoms with van der Waals surface area (Å²) in [5.74, 6) is -0.183. The minimum atomic E-state index is -0.398. The van der Waals surface area contributed by atoms with Crippen molar-refractivity contribution in [1.29, 1.82) is 0 Å². The highest BCUT2D eigenvalue weighted by Crippen LogP contribution is 2.33. The number of anilines is 1. The highest BCUT2D eigenvalue weighted by atomic mass is 32.1. The monoisotopic (exact) mass is 452 g/mol. The van der Waals surface area contributed by atoms with E-state index in [4.69, 9.17) is 9.82 Å². The normalized spacial score (nSPS) is 17.2. The van der Waals surface area contributed by atoms with Crippen molar-refractivity contribution in [1.82, 2.24) is 25.0 Å². The van der Waals surface area contributed by atoms with Gasteiger partial charge in [0.05, 0.1) is 35.2 Å². The second-order valence-corrected chi connectivity index (χ2v) is 8.74. The van der Waals surface area contributed by atoms with Gasteiger partial charge in [-0.3, -0.25) is 24.5 Å². The van der Waals surface area contributed by atoms with E-state index in [1.54, 1.807) is 29.9 Å². The Morgan fingerprint density at radius 3 is 2.88 bits per heavy atom. The average Bonchev–Trinajstić information content (AvgIpc) is 3.17. The van der Waals surface area contributed by atoms with Crippen LogP contribution in [0.2, 0.25) is 0 Å². The Labute approximate surface area is 186 Å². The highest BCUT2D eigenvalue weighted by Gasteiger charge is 2.26. The van der Waals surface area contributed by atoms with Crippen LogP contribution in [0.3, 0.4) is 0 Å². The van der Waals surface area contributed by atoms with Crippen LogP contribution in [0.4, 0.5) is 5.82 Å². The largest absolute Gasteiger partial charge is 0.367 e. The van der Waals surface area contributed by atoms with Crippen molar-refractivity contribution >= 4 is 46.6 Å². The maximum atomic E-state index is 12.4. The molecule has 0 spiro atoms. The number of imide groups is 1. The number of nitrogens with zero attached hydrogens (tertiary/aromatic N) is 4. The molecule has 1 aliphatic carbocycles. The summed E-state index contributed by atoms with van der Waals surface area (Å²) in [6.45, 7) is 0. The zero-order valence-electron chi connectivity index (χ0n) is 17.4. The molecule has 11 heteroatoms. The number of amides is 3. The van der Waals surface area contributed by atoms with Crippen LogP contribution in [0, 0.1) is 0 Å². The molecule has 5 rings (SSSR count). The first-order valence-electron chi connectivity index (χ1n) is 10.1. The maximum Gasteiger partial charge on any atom is 0.287 e. The Hall–Kier alpha value is -3.57. The van der Waals surface area contributed by atoms with Gasteiger partial charge in [-0.05, 0) is 31.1 Å². The summed E-state index contributed by atoms with van der Waals surface area (Å²) in [6.07, 6.45) is 5.48. The van der Waals surface area contributed by atoms with Crippen LogP contribution in [0.25, 0.3) is 22.3 Å². The molecule has 4 heterocycles. The average molecular weight is 452 g/mol. The Bertz CT molecular complexity index is 1290. The SMILES string of the molecule is CON(C)C(=O)c1ccc(-c2cc(NC3CC3)n3ncc(/C=C4\CC(=O)NC4=O)c3n2)s1. The summed E-state index contributed by atoms with van der Waals surface area (Å²) in [5, 5.41) is 11.4. The first-order valence-corrected chi connectivity index (χ1v) is 10.9. The molecule has 3 aromatic heterocycles. The van der Waals surface area contributed by atoms with Gasteiger partial charge < -0.3 is 5.32 Å². The number of carbonyl (C=O) groups is 3. The molecule has 2 aliphatic rings. The van der Waals surface area contributed by atoms with E-state index in [-0.39, 0.29) is 18.2 Å².